The molecule has 206 valence electrons. The van der Waals surface area contributed by atoms with Crippen LogP contribution in [-0.2, 0) is 14.4 Å². The Balaban J connectivity index is 1.32. The fraction of sp³-hybridized carbons (Fsp3) is 0.250. The molecule has 0 fully saturated rings. The largest absolute Gasteiger partial charge is 0.481 e. The lowest BCUT2D eigenvalue weighted by Gasteiger charge is -2.18. The number of aromatic nitrogens is 1. The quantitative estimate of drug-likeness (QED) is 0.185. The predicted octanol–water partition coefficient (Wildman–Crippen LogP) is 5.16. The van der Waals surface area contributed by atoms with Gasteiger partial charge in [0, 0.05) is 19.2 Å². The summed E-state index contributed by atoms with van der Waals surface area (Å²) in [6.45, 7) is 4.39. The highest BCUT2D eigenvalue weighted by atomic mass is 16.4. The Morgan fingerprint density at radius 1 is 0.900 bits per heavy atom. The van der Waals surface area contributed by atoms with E-state index in [9.17, 15) is 19.5 Å². The van der Waals surface area contributed by atoms with Gasteiger partial charge in [-0.15, -0.1) is 0 Å². The second-order valence-electron chi connectivity index (χ2n) is 9.90. The summed E-state index contributed by atoms with van der Waals surface area (Å²) >= 11 is 0. The average molecular weight is 539 g/mol. The Labute approximate surface area is 233 Å². The molecule has 40 heavy (non-hydrogen) atoms. The molecular formula is C32H34N4O4. The van der Waals surface area contributed by atoms with Crippen LogP contribution in [-0.4, -0.2) is 41.0 Å². The van der Waals surface area contributed by atoms with Crippen LogP contribution in [0.5, 0.6) is 0 Å². The number of aliphatic carboxylic acids is 1. The molecule has 0 spiro atoms. The molecule has 0 unspecified atom stereocenters. The molecule has 0 saturated carbocycles. The number of pyridine rings is 1. The molecule has 4 rings (SSSR count). The van der Waals surface area contributed by atoms with Gasteiger partial charge in [-0.3, -0.25) is 14.4 Å². The molecule has 0 aliphatic rings. The number of benzene rings is 3. The van der Waals surface area contributed by atoms with Gasteiger partial charge in [0.1, 0.15) is 5.82 Å². The number of aryl methyl sites for hydroxylation is 2. The van der Waals surface area contributed by atoms with E-state index in [2.05, 4.69) is 52.1 Å². The normalized spacial score (nSPS) is 11.6. The van der Waals surface area contributed by atoms with Crippen molar-refractivity contribution in [2.75, 3.05) is 18.4 Å². The second-order valence-corrected chi connectivity index (χ2v) is 9.90. The molecule has 0 saturated heterocycles. The molecule has 0 aliphatic carbocycles. The summed E-state index contributed by atoms with van der Waals surface area (Å²) in [6, 6.07) is 23.1. The first-order valence-electron chi connectivity index (χ1n) is 13.3. The molecule has 3 aromatic carbocycles. The molecule has 4 N–H and O–H groups in total. The molecule has 4 aromatic rings. The van der Waals surface area contributed by atoms with E-state index in [0.717, 1.165) is 38.8 Å². The Hall–Kier alpha value is -4.72. The van der Waals surface area contributed by atoms with Crippen LogP contribution >= 0.6 is 0 Å². The zero-order valence-electron chi connectivity index (χ0n) is 22.7. The van der Waals surface area contributed by atoms with E-state index in [1.54, 1.807) is 6.20 Å². The minimum atomic E-state index is -1.03. The van der Waals surface area contributed by atoms with E-state index < -0.39 is 17.9 Å². The third-order valence-electron chi connectivity index (χ3n) is 6.59. The number of carboxylic acids is 1. The number of carboxylic acid groups (broad SMARTS) is 1. The van der Waals surface area contributed by atoms with Gasteiger partial charge >= 0.3 is 5.97 Å². The number of amides is 2. The Morgan fingerprint density at radius 3 is 2.42 bits per heavy atom. The fourth-order valence-electron chi connectivity index (χ4n) is 4.63. The summed E-state index contributed by atoms with van der Waals surface area (Å²) in [6.07, 6.45) is 2.28. The Morgan fingerprint density at radius 2 is 1.68 bits per heavy atom. The maximum atomic E-state index is 12.6. The lowest BCUT2D eigenvalue weighted by molar-refractivity contribution is -0.138. The van der Waals surface area contributed by atoms with Crippen molar-refractivity contribution < 1.29 is 19.5 Å². The molecule has 8 nitrogen and oxygen atoms in total. The number of hydrogen-bond donors (Lipinski definition) is 4. The number of carbonyl (C=O) groups is 3. The van der Waals surface area contributed by atoms with Gasteiger partial charge in [-0.1, -0.05) is 60.7 Å². The van der Waals surface area contributed by atoms with Gasteiger partial charge in [0.2, 0.25) is 11.8 Å². The number of anilines is 1. The molecule has 1 heterocycles. The van der Waals surface area contributed by atoms with Crippen molar-refractivity contribution >= 4 is 34.4 Å². The van der Waals surface area contributed by atoms with Crippen LogP contribution in [0.1, 0.15) is 42.0 Å². The maximum Gasteiger partial charge on any atom is 0.305 e. The van der Waals surface area contributed by atoms with Gasteiger partial charge in [-0.2, -0.15) is 0 Å². The number of nitrogens with one attached hydrogen (secondary N) is 3. The number of hydrogen-bond acceptors (Lipinski definition) is 5. The van der Waals surface area contributed by atoms with E-state index in [1.807, 2.05) is 55.5 Å². The standard InChI is InChI=1S/C32H34N4O4/c1-21-13-15-34-29(18-21)33-14-5-8-30(37)35-20-31(38)36-28(19-32(39)40)24-11-9-23(10-12-24)27-17-22(2)16-25-6-3-4-7-26(25)27/h3-4,6-7,9-13,15-18,28H,5,8,14,19-20H2,1-2H3,(H,33,34)(H,35,37)(H,36,38)(H,39,40)/t28-/m0/s1. The van der Waals surface area contributed by atoms with Crippen molar-refractivity contribution in [3.8, 4) is 11.1 Å². The number of rotatable bonds is 12. The van der Waals surface area contributed by atoms with Crippen LogP contribution in [0.2, 0.25) is 0 Å². The van der Waals surface area contributed by atoms with Crippen LogP contribution in [0.4, 0.5) is 5.82 Å². The van der Waals surface area contributed by atoms with Gasteiger partial charge in [0.15, 0.2) is 0 Å². The zero-order chi connectivity index (χ0) is 28.5. The highest BCUT2D eigenvalue weighted by molar-refractivity contribution is 5.97. The molecule has 1 atom stereocenters. The lowest BCUT2D eigenvalue weighted by Crippen LogP contribution is -2.39. The zero-order valence-corrected chi connectivity index (χ0v) is 22.7. The van der Waals surface area contributed by atoms with E-state index in [0.29, 0.717) is 18.5 Å². The van der Waals surface area contributed by atoms with Gasteiger partial charge in [-0.25, -0.2) is 4.98 Å². The highest BCUT2D eigenvalue weighted by Gasteiger charge is 2.19. The molecule has 1 aromatic heterocycles. The number of fused-ring (bicyclic) bond motifs is 1. The monoisotopic (exact) mass is 538 g/mol. The SMILES string of the molecule is Cc1ccnc(NCCCC(=O)NCC(=O)N[C@@H](CC(=O)O)c2ccc(-c3cc(C)cc4ccccc34)cc2)c1. The topological polar surface area (TPSA) is 120 Å². The lowest BCUT2D eigenvalue weighted by atomic mass is 9.94. The average Bonchev–Trinajstić information content (AvgIpc) is 2.93. The first-order chi connectivity index (χ1) is 19.3. The van der Waals surface area contributed by atoms with E-state index in [1.165, 1.54) is 0 Å². The predicted molar refractivity (Wildman–Crippen MR) is 157 cm³/mol. The first kappa shape index (κ1) is 28.3. The number of carbonyl (C=O) groups excluding carboxylic acids is 2. The third kappa shape index (κ3) is 7.89. The van der Waals surface area contributed by atoms with Crippen LogP contribution in [0.25, 0.3) is 21.9 Å². The van der Waals surface area contributed by atoms with Crippen molar-refractivity contribution in [1.82, 2.24) is 15.6 Å². The summed E-state index contributed by atoms with van der Waals surface area (Å²) < 4.78 is 0. The minimum Gasteiger partial charge on any atom is -0.481 e. The summed E-state index contributed by atoms with van der Waals surface area (Å²) in [4.78, 5) is 40.6. The van der Waals surface area contributed by atoms with Crippen LogP contribution in [0.3, 0.4) is 0 Å². The molecule has 0 bridgehead atoms. The fourth-order valence-corrected chi connectivity index (χ4v) is 4.63. The van der Waals surface area contributed by atoms with Crippen LogP contribution in [0, 0.1) is 13.8 Å². The van der Waals surface area contributed by atoms with Crippen LogP contribution < -0.4 is 16.0 Å². The van der Waals surface area contributed by atoms with Crippen molar-refractivity contribution in [2.45, 2.75) is 39.2 Å². The van der Waals surface area contributed by atoms with Gasteiger partial charge in [0.25, 0.3) is 0 Å². The summed E-state index contributed by atoms with van der Waals surface area (Å²) in [5, 5.41) is 20.3. The molecule has 0 aliphatic heterocycles. The molecule has 8 heteroatoms. The van der Waals surface area contributed by atoms with E-state index in [4.69, 9.17) is 0 Å². The number of nitrogens with zero attached hydrogens (tertiary/aromatic N) is 1. The molecule has 0 radical (unpaired) electrons. The summed E-state index contributed by atoms with van der Waals surface area (Å²) in [5.41, 5.74) is 5.02. The van der Waals surface area contributed by atoms with Gasteiger partial charge in [0.05, 0.1) is 19.0 Å². The minimum absolute atomic E-state index is 0.227. The first-order valence-corrected chi connectivity index (χ1v) is 13.3. The summed E-state index contributed by atoms with van der Waals surface area (Å²) in [7, 11) is 0. The molecule has 2 amide bonds. The van der Waals surface area contributed by atoms with Gasteiger partial charge in [-0.05, 0) is 71.0 Å². The van der Waals surface area contributed by atoms with Crippen LogP contribution in [0.15, 0.2) is 79.0 Å². The summed E-state index contributed by atoms with van der Waals surface area (Å²) in [5.74, 6) is -0.975. The smallest absolute Gasteiger partial charge is 0.305 e. The van der Waals surface area contributed by atoms with E-state index in [-0.39, 0.29) is 25.3 Å². The Bertz CT molecular complexity index is 1500. The molecular weight excluding hydrogens is 504 g/mol. The van der Waals surface area contributed by atoms with Crippen molar-refractivity contribution in [3.63, 3.8) is 0 Å². The second kappa shape index (κ2) is 13.4. The van der Waals surface area contributed by atoms with Crippen molar-refractivity contribution in [1.29, 1.82) is 0 Å². The van der Waals surface area contributed by atoms with Crippen molar-refractivity contribution in [3.05, 3.63) is 95.7 Å². The highest BCUT2D eigenvalue weighted by Crippen LogP contribution is 2.31. The van der Waals surface area contributed by atoms with Crippen molar-refractivity contribution in [2.24, 2.45) is 0 Å². The Kier molecular flexibility index (Phi) is 9.46. The maximum absolute atomic E-state index is 12.6. The van der Waals surface area contributed by atoms with Gasteiger partial charge < -0.3 is 21.1 Å². The third-order valence-corrected chi connectivity index (χ3v) is 6.59. The van der Waals surface area contributed by atoms with E-state index >= 15 is 0 Å².